The first-order chi connectivity index (χ1) is 8.87. The lowest BCUT2D eigenvalue weighted by Gasteiger charge is -2.31. The summed E-state index contributed by atoms with van der Waals surface area (Å²) in [6.45, 7) is 2.03. The minimum atomic E-state index is -0.980. The van der Waals surface area contributed by atoms with E-state index in [9.17, 15) is 18.9 Å². The van der Waals surface area contributed by atoms with Crippen LogP contribution in [0.5, 0.6) is 0 Å². The Hall–Kier alpha value is -1.76. The average Bonchev–Trinajstić information content (AvgIpc) is 3.17. The van der Waals surface area contributed by atoms with Crippen LogP contribution in [0.1, 0.15) is 19.8 Å². The summed E-state index contributed by atoms with van der Waals surface area (Å²) in [5.74, 6) is -1.69. The van der Waals surface area contributed by atoms with Gasteiger partial charge in [0, 0.05) is 12.1 Å². The Labute approximate surface area is 108 Å². The molecule has 1 saturated carbocycles. The minimum absolute atomic E-state index is 0.230. The van der Waals surface area contributed by atoms with Crippen LogP contribution in [0, 0.1) is 27.7 Å². The summed E-state index contributed by atoms with van der Waals surface area (Å²) in [6, 6.07) is 1.41. The first-order valence-electron chi connectivity index (χ1n) is 5.99. The summed E-state index contributed by atoms with van der Waals surface area (Å²) in [6.07, 6.45) is 1.91. The topological polar surface area (TPSA) is 81.2 Å². The van der Waals surface area contributed by atoms with E-state index in [0.717, 1.165) is 12.8 Å². The zero-order chi connectivity index (χ0) is 14.2. The van der Waals surface area contributed by atoms with Gasteiger partial charge in [-0.3, -0.25) is 10.1 Å². The van der Waals surface area contributed by atoms with Crippen LogP contribution >= 0.6 is 0 Å². The second-order valence-electron chi connectivity index (χ2n) is 5.06. The molecule has 0 aromatic heterocycles. The van der Waals surface area contributed by atoms with Gasteiger partial charge in [0.05, 0.1) is 17.1 Å². The van der Waals surface area contributed by atoms with Crippen LogP contribution in [0.25, 0.3) is 0 Å². The lowest BCUT2D eigenvalue weighted by Crippen LogP contribution is -2.45. The third kappa shape index (κ3) is 2.65. The number of nitro benzene ring substituents is 1. The zero-order valence-electron chi connectivity index (χ0n) is 10.5. The quantitative estimate of drug-likeness (QED) is 0.636. The lowest BCUT2D eigenvalue weighted by atomic mass is 9.95. The molecule has 0 aliphatic heterocycles. The van der Waals surface area contributed by atoms with Crippen molar-refractivity contribution in [1.82, 2.24) is 0 Å². The maximum atomic E-state index is 13.8. The highest BCUT2D eigenvalue weighted by molar-refractivity contribution is 5.53. The van der Waals surface area contributed by atoms with Crippen molar-refractivity contribution >= 4 is 11.4 Å². The van der Waals surface area contributed by atoms with Crippen LogP contribution in [0.3, 0.4) is 0 Å². The Morgan fingerprint density at radius 1 is 1.47 bits per heavy atom. The highest BCUT2D eigenvalue weighted by atomic mass is 19.1. The summed E-state index contributed by atoms with van der Waals surface area (Å²) >= 11 is 0. The number of rotatable bonds is 5. The van der Waals surface area contributed by atoms with Crippen molar-refractivity contribution in [3.05, 3.63) is 33.9 Å². The fourth-order valence-corrected chi connectivity index (χ4v) is 2.11. The number of hydrogen-bond donors (Lipinski definition) is 2. The molecule has 0 radical (unpaired) electrons. The van der Waals surface area contributed by atoms with E-state index in [4.69, 9.17) is 5.73 Å². The monoisotopic (exact) mass is 271 g/mol. The number of hydrogen-bond acceptors (Lipinski definition) is 4. The molecule has 1 aromatic rings. The van der Waals surface area contributed by atoms with E-state index in [1.807, 2.05) is 0 Å². The fraction of sp³-hybridized carbons (Fsp3) is 0.500. The van der Waals surface area contributed by atoms with Crippen LogP contribution < -0.4 is 11.1 Å². The molecule has 1 aliphatic rings. The first kappa shape index (κ1) is 13.7. The molecular weight excluding hydrogens is 256 g/mol. The maximum Gasteiger partial charge on any atom is 0.275 e. The van der Waals surface area contributed by atoms with Gasteiger partial charge in [-0.2, -0.15) is 0 Å². The SMILES string of the molecule is CC(CN)(Nc1c(F)cc([N+](=O)[O-])cc1F)C1CC1. The molecule has 1 aromatic carbocycles. The highest BCUT2D eigenvalue weighted by Crippen LogP contribution is 2.41. The van der Waals surface area contributed by atoms with Gasteiger partial charge in [0.1, 0.15) is 5.69 Å². The van der Waals surface area contributed by atoms with Crippen molar-refractivity contribution in [1.29, 1.82) is 0 Å². The summed E-state index contributed by atoms with van der Waals surface area (Å²) in [7, 11) is 0. The van der Waals surface area contributed by atoms with Gasteiger partial charge in [-0.05, 0) is 25.7 Å². The predicted octanol–water partition coefficient (Wildman–Crippen LogP) is 2.41. The lowest BCUT2D eigenvalue weighted by molar-refractivity contribution is -0.385. The fourth-order valence-electron chi connectivity index (χ4n) is 2.11. The van der Waals surface area contributed by atoms with Gasteiger partial charge in [0.15, 0.2) is 11.6 Å². The molecular formula is C12H15F2N3O2. The van der Waals surface area contributed by atoms with Gasteiger partial charge in [-0.25, -0.2) is 8.78 Å². The first-order valence-corrected chi connectivity index (χ1v) is 5.99. The number of non-ortho nitro benzene ring substituents is 1. The molecule has 5 nitrogen and oxygen atoms in total. The molecule has 104 valence electrons. The molecule has 1 unspecified atom stereocenters. The average molecular weight is 271 g/mol. The van der Waals surface area contributed by atoms with Crippen molar-refractivity contribution in [2.75, 3.05) is 11.9 Å². The summed E-state index contributed by atoms with van der Waals surface area (Å²) in [5.41, 5.74) is 4.09. The predicted molar refractivity (Wildman–Crippen MR) is 66.8 cm³/mol. The van der Waals surface area contributed by atoms with Crippen LogP contribution in [0.4, 0.5) is 20.2 Å². The normalized spacial score (nSPS) is 17.9. The van der Waals surface area contributed by atoms with Gasteiger partial charge < -0.3 is 11.1 Å². The van der Waals surface area contributed by atoms with E-state index in [1.165, 1.54) is 0 Å². The van der Waals surface area contributed by atoms with Gasteiger partial charge in [0.2, 0.25) is 0 Å². The molecule has 0 amide bonds. The number of benzene rings is 1. The van der Waals surface area contributed by atoms with Crippen molar-refractivity contribution in [3.63, 3.8) is 0 Å². The smallest absolute Gasteiger partial charge is 0.275 e. The number of nitro groups is 1. The van der Waals surface area contributed by atoms with Crippen molar-refractivity contribution in [3.8, 4) is 0 Å². The van der Waals surface area contributed by atoms with Gasteiger partial charge in [-0.15, -0.1) is 0 Å². The van der Waals surface area contributed by atoms with E-state index < -0.39 is 27.8 Å². The van der Waals surface area contributed by atoms with E-state index in [-0.39, 0.29) is 18.2 Å². The number of halogens is 2. The number of anilines is 1. The molecule has 7 heteroatoms. The van der Waals surface area contributed by atoms with Crippen LogP contribution in [0.2, 0.25) is 0 Å². The number of nitrogens with one attached hydrogen (secondary N) is 1. The Bertz CT molecular complexity index is 497. The number of nitrogens with two attached hydrogens (primary N) is 1. The molecule has 0 spiro atoms. The Morgan fingerprint density at radius 3 is 2.37 bits per heavy atom. The van der Waals surface area contributed by atoms with Crippen LogP contribution in [0.15, 0.2) is 12.1 Å². The summed E-state index contributed by atoms with van der Waals surface area (Å²) in [4.78, 5) is 9.67. The number of nitrogens with zero attached hydrogens (tertiary/aromatic N) is 1. The Kier molecular flexibility index (Phi) is 3.40. The van der Waals surface area contributed by atoms with Crippen molar-refractivity contribution < 1.29 is 13.7 Å². The minimum Gasteiger partial charge on any atom is -0.374 e. The molecule has 0 bridgehead atoms. The highest BCUT2D eigenvalue weighted by Gasteiger charge is 2.41. The van der Waals surface area contributed by atoms with Gasteiger partial charge >= 0.3 is 0 Å². The largest absolute Gasteiger partial charge is 0.374 e. The van der Waals surface area contributed by atoms with Crippen LogP contribution in [-0.4, -0.2) is 17.0 Å². The van der Waals surface area contributed by atoms with E-state index in [2.05, 4.69) is 5.32 Å². The molecule has 1 aliphatic carbocycles. The van der Waals surface area contributed by atoms with E-state index >= 15 is 0 Å². The molecule has 3 N–H and O–H groups in total. The summed E-state index contributed by atoms with van der Waals surface area (Å²) < 4.78 is 27.5. The molecule has 0 heterocycles. The van der Waals surface area contributed by atoms with E-state index in [0.29, 0.717) is 12.1 Å². The Balaban J connectivity index is 2.32. The summed E-state index contributed by atoms with van der Waals surface area (Å²) in [5, 5.41) is 13.3. The van der Waals surface area contributed by atoms with Crippen LogP contribution in [-0.2, 0) is 0 Å². The second-order valence-corrected chi connectivity index (χ2v) is 5.06. The molecule has 0 saturated heterocycles. The van der Waals surface area contributed by atoms with E-state index in [1.54, 1.807) is 6.92 Å². The van der Waals surface area contributed by atoms with Gasteiger partial charge in [0.25, 0.3) is 5.69 Å². The molecule has 2 rings (SSSR count). The third-order valence-corrected chi connectivity index (χ3v) is 3.55. The van der Waals surface area contributed by atoms with Gasteiger partial charge in [-0.1, -0.05) is 0 Å². The molecule has 19 heavy (non-hydrogen) atoms. The third-order valence-electron chi connectivity index (χ3n) is 3.55. The second kappa shape index (κ2) is 4.73. The van der Waals surface area contributed by atoms with Crippen molar-refractivity contribution in [2.24, 2.45) is 11.7 Å². The maximum absolute atomic E-state index is 13.8. The standard InChI is InChI=1S/C12H15F2N3O2/c1-12(6-15,7-2-3-7)16-11-9(13)4-8(17(18)19)5-10(11)14/h4-5,7,16H,2-3,6,15H2,1H3. The Morgan fingerprint density at radius 2 is 2.00 bits per heavy atom. The van der Waals surface area contributed by atoms with Crippen molar-refractivity contribution in [2.45, 2.75) is 25.3 Å². The zero-order valence-corrected chi connectivity index (χ0v) is 10.5. The molecule has 1 fully saturated rings. The molecule has 1 atom stereocenters.